The van der Waals surface area contributed by atoms with Crippen molar-refractivity contribution in [2.75, 3.05) is 19.0 Å². The number of ether oxygens (including phenoxy) is 1. The quantitative estimate of drug-likeness (QED) is 0.687. The molecule has 150 valence electrons. The number of aromatic nitrogens is 1. The lowest BCUT2D eigenvalue weighted by atomic mass is 9.96. The van der Waals surface area contributed by atoms with Crippen LogP contribution in [0, 0.1) is 18.6 Å². The number of rotatable bonds is 2. The number of carbonyl (C=O) groups is 1. The van der Waals surface area contributed by atoms with Crippen molar-refractivity contribution in [1.82, 2.24) is 9.88 Å². The Hall–Kier alpha value is -3.26. The Morgan fingerprint density at radius 1 is 1.21 bits per heavy atom. The first-order chi connectivity index (χ1) is 13.8. The van der Waals surface area contributed by atoms with E-state index in [4.69, 9.17) is 4.74 Å². The number of fused-ring (bicyclic) bond motifs is 3. The Labute approximate surface area is 165 Å². The fourth-order valence-electron chi connectivity index (χ4n) is 3.60. The van der Waals surface area contributed by atoms with Gasteiger partial charge in [-0.2, -0.15) is 0 Å². The molecule has 2 aromatic carbocycles. The topological polar surface area (TPSA) is 74.4 Å². The van der Waals surface area contributed by atoms with Crippen molar-refractivity contribution >= 4 is 22.5 Å². The lowest BCUT2D eigenvalue weighted by molar-refractivity contribution is 0.0527. The molecule has 29 heavy (non-hydrogen) atoms. The van der Waals surface area contributed by atoms with E-state index in [1.165, 1.54) is 41.3 Å². The van der Waals surface area contributed by atoms with E-state index in [9.17, 15) is 18.4 Å². The molecule has 1 aromatic heterocycles. The number of halogens is 2. The highest BCUT2D eigenvalue weighted by Crippen LogP contribution is 2.33. The SMILES string of the molecule is Cc1cc(NC(=O)N(C)[C@@H]2COCc3[nH]c(=O)c4ccc(F)cc4c32)ccc1F. The molecule has 1 atom stereocenters. The first kappa shape index (κ1) is 19.1. The second-order valence-electron chi connectivity index (χ2n) is 7.07. The van der Waals surface area contributed by atoms with Gasteiger partial charge in [-0.25, -0.2) is 13.6 Å². The molecule has 0 saturated heterocycles. The molecule has 0 unspecified atom stereocenters. The highest BCUT2D eigenvalue weighted by atomic mass is 19.1. The third kappa shape index (κ3) is 3.47. The molecular weight excluding hydrogens is 380 g/mol. The fourth-order valence-corrected chi connectivity index (χ4v) is 3.60. The predicted octanol–water partition coefficient (Wildman–Crippen LogP) is 3.85. The number of carbonyl (C=O) groups excluding carboxylic acids is 1. The molecule has 0 radical (unpaired) electrons. The Bertz CT molecular complexity index is 1180. The van der Waals surface area contributed by atoms with Gasteiger partial charge in [-0.3, -0.25) is 4.79 Å². The zero-order valence-corrected chi connectivity index (χ0v) is 15.9. The van der Waals surface area contributed by atoms with E-state index in [0.717, 1.165) is 0 Å². The van der Waals surface area contributed by atoms with E-state index in [2.05, 4.69) is 10.3 Å². The molecule has 0 aliphatic carbocycles. The first-order valence-corrected chi connectivity index (χ1v) is 9.07. The minimum absolute atomic E-state index is 0.167. The maximum Gasteiger partial charge on any atom is 0.322 e. The van der Waals surface area contributed by atoms with Gasteiger partial charge in [0.15, 0.2) is 0 Å². The van der Waals surface area contributed by atoms with E-state index in [1.54, 1.807) is 14.0 Å². The van der Waals surface area contributed by atoms with Crippen molar-refractivity contribution < 1.29 is 18.3 Å². The van der Waals surface area contributed by atoms with Crippen LogP contribution in [0.4, 0.5) is 19.3 Å². The lowest BCUT2D eigenvalue weighted by Gasteiger charge is -2.33. The van der Waals surface area contributed by atoms with Crippen LogP contribution in [0.2, 0.25) is 0 Å². The van der Waals surface area contributed by atoms with Crippen molar-refractivity contribution in [3.63, 3.8) is 0 Å². The summed E-state index contributed by atoms with van der Waals surface area (Å²) in [5, 5.41) is 3.53. The van der Waals surface area contributed by atoms with Crippen LogP contribution in [-0.4, -0.2) is 29.6 Å². The number of pyridine rings is 1. The third-order valence-electron chi connectivity index (χ3n) is 5.16. The molecule has 3 aromatic rings. The summed E-state index contributed by atoms with van der Waals surface area (Å²) in [6.07, 6.45) is 0. The zero-order valence-electron chi connectivity index (χ0n) is 15.9. The summed E-state index contributed by atoms with van der Waals surface area (Å²) in [7, 11) is 1.59. The second kappa shape index (κ2) is 7.29. The number of likely N-dealkylation sites (N-methyl/N-ethyl adjacent to an activating group) is 1. The number of aromatic amines is 1. The number of H-pyrrole nitrogens is 1. The number of hydrogen-bond donors (Lipinski definition) is 2. The highest BCUT2D eigenvalue weighted by molar-refractivity contribution is 5.91. The van der Waals surface area contributed by atoms with Crippen LogP contribution in [0.3, 0.4) is 0 Å². The van der Waals surface area contributed by atoms with E-state index in [0.29, 0.717) is 33.3 Å². The summed E-state index contributed by atoms with van der Waals surface area (Å²) in [5.41, 5.74) is 1.70. The molecule has 0 fully saturated rings. The first-order valence-electron chi connectivity index (χ1n) is 9.07. The van der Waals surface area contributed by atoms with Crippen LogP contribution in [-0.2, 0) is 11.3 Å². The standard InChI is InChI=1S/C21H19F2N3O3/c1-11-7-13(4-6-16(11)23)24-21(28)26(2)18-10-29-9-17-19(18)15-8-12(22)3-5-14(15)20(27)25-17/h3-8,18H,9-10H2,1-2H3,(H,24,28)(H,25,27)/t18-/m1/s1. The van der Waals surface area contributed by atoms with Crippen molar-refractivity contribution in [1.29, 1.82) is 0 Å². The van der Waals surface area contributed by atoms with Gasteiger partial charge in [0.05, 0.1) is 19.3 Å². The minimum Gasteiger partial charge on any atom is -0.373 e. The minimum atomic E-state index is -0.540. The van der Waals surface area contributed by atoms with Crippen molar-refractivity contribution in [3.8, 4) is 0 Å². The smallest absolute Gasteiger partial charge is 0.322 e. The van der Waals surface area contributed by atoms with Gasteiger partial charge >= 0.3 is 6.03 Å². The number of anilines is 1. The number of urea groups is 1. The van der Waals surface area contributed by atoms with Crippen LogP contribution < -0.4 is 10.9 Å². The number of aryl methyl sites for hydroxylation is 1. The van der Waals surface area contributed by atoms with Gasteiger partial charge in [-0.1, -0.05) is 0 Å². The molecular formula is C21H19F2N3O3. The van der Waals surface area contributed by atoms with Gasteiger partial charge in [-0.15, -0.1) is 0 Å². The Balaban J connectivity index is 1.71. The van der Waals surface area contributed by atoms with Crippen LogP contribution in [0.1, 0.15) is 22.9 Å². The Morgan fingerprint density at radius 2 is 2.00 bits per heavy atom. The second-order valence-corrected chi connectivity index (χ2v) is 7.07. The zero-order chi connectivity index (χ0) is 20.7. The molecule has 8 heteroatoms. The number of nitrogens with zero attached hydrogens (tertiary/aromatic N) is 1. The van der Waals surface area contributed by atoms with Crippen molar-refractivity contribution in [2.24, 2.45) is 0 Å². The normalized spacial score (nSPS) is 15.8. The Morgan fingerprint density at radius 3 is 2.76 bits per heavy atom. The Kier molecular flexibility index (Phi) is 4.79. The van der Waals surface area contributed by atoms with E-state index in [1.807, 2.05) is 0 Å². The highest BCUT2D eigenvalue weighted by Gasteiger charge is 2.30. The molecule has 1 aliphatic rings. The molecule has 2 amide bonds. The van der Waals surface area contributed by atoms with Crippen molar-refractivity contribution in [3.05, 3.63) is 75.2 Å². The summed E-state index contributed by atoms with van der Waals surface area (Å²) < 4.78 is 32.9. The maximum atomic E-state index is 13.9. The average molecular weight is 399 g/mol. The van der Waals surface area contributed by atoms with Crippen LogP contribution >= 0.6 is 0 Å². The predicted molar refractivity (Wildman–Crippen MR) is 105 cm³/mol. The van der Waals surface area contributed by atoms with Crippen LogP contribution in [0.25, 0.3) is 10.8 Å². The molecule has 2 N–H and O–H groups in total. The number of nitrogens with one attached hydrogen (secondary N) is 2. The molecule has 4 rings (SSSR count). The molecule has 0 saturated carbocycles. The monoisotopic (exact) mass is 399 g/mol. The maximum absolute atomic E-state index is 13.9. The lowest BCUT2D eigenvalue weighted by Crippen LogP contribution is -2.39. The van der Waals surface area contributed by atoms with Gasteiger partial charge in [0, 0.05) is 29.4 Å². The largest absolute Gasteiger partial charge is 0.373 e. The number of amides is 2. The summed E-state index contributed by atoms with van der Waals surface area (Å²) in [5.74, 6) is -0.826. The van der Waals surface area contributed by atoms with Gasteiger partial charge in [0.25, 0.3) is 5.56 Å². The summed E-state index contributed by atoms with van der Waals surface area (Å²) >= 11 is 0. The molecule has 6 nitrogen and oxygen atoms in total. The molecule has 0 spiro atoms. The van der Waals surface area contributed by atoms with E-state index >= 15 is 0 Å². The third-order valence-corrected chi connectivity index (χ3v) is 5.16. The van der Waals surface area contributed by atoms with E-state index < -0.39 is 17.9 Å². The van der Waals surface area contributed by atoms with Gasteiger partial charge in [-0.05, 0) is 54.3 Å². The van der Waals surface area contributed by atoms with Gasteiger partial charge < -0.3 is 19.9 Å². The fraction of sp³-hybridized carbons (Fsp3) is 0.238. The average Bonchev–Trinajstić information content (AvgIpc) is 2.69. The summed E-state index contributed by atoms with van der Waals surface area (Å²) in [4.78, 5) is 29.3. The summed E-state index contributed by atoms with van der Waals surface area (Å²) in [6, 6.07) is 7.27. The van der Waals surface area contributed by atoms with Gasteiger partial charge in [0.1, 0.15) is 11.6 Å². The van der Waals surface area contributed by atoms with Crippen molar-refractivity contribution in [2.45, 2.75) is 19.6 Å². The van der Waals surface area contributed by atoms with E-state index in [-0.39, 0.29) is 24.6 Å². The van der Waals surface area contributed by atoms with Gasteiger partial charge in [0.2, 0.25) is 0 Å². The molecule has 0 bridgehead atoms. The van der Waals surface area contributed by atoms with Crippen LogP contribution in [0.5, 0.6) is 0 Å². The number of benzene rings is 2. The van der Waals surface area contributed by atoms with Crippen LogP contribution in [0.15, 0.2) is 41.2 Å². The molecule has 1 aliphatic heterocycles. The number of hydrogen-bond acceptors (Lipinski definition) is 3. The molecule has 2 heterocycles. The summed E-state index contributed by atoms with van der Waals surface area (Å²) in [6.45, 7) is 1.97.